The summed E-state index contributed by atoms with van der Waals surface area (Å²) < 4.78 is 5.66. The summed E-state index contributed by atoms with van der Waals surface area (Å²) in [6, 6.07) is 14.3. The number of benzene rings is 2. The molecule has 1 heterocycles. The van der Waals surface area contributed by atoms with Gasteiger partial charge in [-0.2, -0.15) is 0 Å². The molecule has 0 saturated carbocycles. The van der Waals surface area contributed by atoms with Gasteiger partial charge in [0.1, 0.15) is 4.32 Å². The molecule has 0 radical (unpaired) electrons. The van der Waals surface area contributed by atoms with Crippen LogP contribution in [0.3, 0.4) is 0 Å². The summed E-state index contributed by atoms with van der Waals surface area (Å²) in [5, 5.41) is 2.30. The first-order valence-electron chi connectivity index (χ1n) is 7.43. The number of hydrogen-bond donors (Lipinski definition) is 0. The van der Waals surface area contributed by atoms with Crippen molar-refractivity contribution in [3.05, 3.63) is 52.9 Å². The molecule has 0 unspecified atom stereocenters. The smallest absolute Gasteiger partial charge is 0.266 e. The van der Waals surface area contributed by atoms with Gasteiger partial charge in [0.15, 0.2) is 0 Å². The van der Waals surface area contributed by atoms with E-state index in [2.05, 4.69) is 18.2 Å². The van der Waals surface area contributed by atoms with Crippen molar-refractivity contribution in [2.24, 2.45) is 0 Å². The van der Waals surface area contributed by atoms with Crippen molar-refractivity contribution in [2.45, 2.75) is 6.42 Å². The van der Waals surface area contributed by atoms with Gasteiger partial charge in [-0.1, -0.05) is 66.4 Å². The average Bonchev–Trinajstić information content (AvgIpc) is 2.83. The van der Waals surface area contributed by atoms with E-state index in [-0.39, 0.29) is 5.91 Å². The van der Waals surface area contributed by atoms with Crippen molar-refractivity contribution in [2.75, 3.05) is 20.3 Å². The van der Waals surface area contributed by atoms with Crippen molar-refractivity contribution in [3.63, 3.8) is 0 Å². The Morgan fingerprint density at radius 3 is 2.83 bits per heavy atom. The first kappa shape index (κ1) is 16.2. The van der Waals surface area contributed by atoms with Crippen LogP contribution in [0, 0.1) is 0 Å². The number of thioether (sulfide) groups is 1. The van der Waals surface area contributed by atoms with E-state index in [9.17, 15) is 4.79 Å². The van der Waals surface area contributed by atoms with Gasteiger partial charge in [0.05, 0.1) is 4.91 Å². The molecule has 1 aliphatic rings. The van der Waals surface area contributed by atoms with Gasteiger partial charge >= 0.3 is 0 Å². The fourth-order valence-corrected chi connectivity index (χ4v) is 3.88. The topological polar surface area (TPSA) is 29.5 Å². The Morgan fingerprint density at radius 1 is 1.22 bits per heavy atom. The van der Waals surface area contributed by atoms with Crippen LogP contribution in [0.1, 0.15) is 12.0 Å². The zero-order valence-corrected chi connectivity index (χ0v) is 14.5. The van der Waals surface area contributed by atoms with Crippen LogP contribution in [0.5, 0.6) is 0 Å². The van der Waals surface area contributed by atoms with Gasteiger partial charge in [-0.25, -0.2) is 0 Å². The van der Waals surface area contributed by atoms with Crippen molar-refractivity contribution in [1.29, 1.82) is 0 Å². The third kappa shape index (κ3) is 3.47. The minimum atomic E-state index is -0.0102. The molecule has 23 heavy (non-hydrogen) atoms. The van der Waals surface area contributed by atoms with Crippen LogP contribution in [-0.2, 0) is 9.53 Å². The quantitative estimate of drug-likeness (QED) is 0.465. The van der Waals surface area contributed by atoms with E-state index < -0.39 is 0 Å². The normalized spacial score (nSPS) is 16.7. The number of nitrogens with zero attached hydrogens (tertiary/aromatic N) is 1. The molecule has 1 saturated heterocycles. The number of hydrogen-bond acceptors (Lipinski definition) is 4. The monoisotopic (exact) mass is 343 g/mol. The fourth-order valence-electron chi connectivity index (χ4n) is 2.58. The second-order valence-electron chi connectivity index (χ2n) is 5.25. The van der Waals surface area contributed by atoms with Crippen LogP contribution in [-0.4, -0.2) is 35.4 Å². The van der Waals surface area contributed by atoms with E-state index in [1.165, 1.54) is 11.8 Å². The Bertz CT molecular complexity index is 780. The number of methoxy groups -OCH3 is 1. The van der Waals surface area contributed by atoms with Crippen LogP contribution >= 0.6 is 24.0 Å². The fraction of sp³-hybridized carbons (Fsp3) is 0.222. The zero-order chi connectivity index (χ0) is 16.2. The summed E-state index contributed by atoms with van der Waals surface area (Å²) in [7, 11) is 1.66. The third-order valence-corrected chi connectivity index (χ3v) is 5.09. The maximum atomic E-state index is 12.6. The Hall–Kier alpha value is -1.69. The van der Waals surface area contributed by atoms with Crippen LogP contribution in [0.2, 0.25) is 0 Å². The maximum absolute atomic E-state index is 12.6. The molecule has 118 valence electrons. The minimum absolute atomic E-state index is 0.0102. The number of amides is 1. The van der Waals surface area contributed by atoms with Crippen molar-refractivity contribution < 1.29 is 9.53 Å². The molecule has 1 fully saturated rings. The molecule has 5 heteroatoms. The SMILES string of the molecule is COCCCN1C(=O)/C(=C/c2cccc3ccccc23)SC1=S. The molecule has 1 amide bonds. The Labute approximate surface area is 145 Å². The first-order valence-corrected chi connectivity index (χ1v) is 8.65. The summed E-state index contributed by atoms with van der Waals surface area (Å²) in [6.45, 7) is 1.23. The molecule has 0 N–H and O–H groups in total. The number of rotatable bonds is 5. The summed E-state index contributed by atoms with van der Waals surface area (Å²) in [6.07, 6.45) is 2.72. The highest BCUT2D eigenvalue weighted by Crippen LogP contribution is 2.33. The van der Waals surface area contributed by atoms with E-state index in [0.717, 1.165) is 22.8 Å². The van der Waals surface area contributed by atoms with Crippen molar-refractivity contribution in [3.8, 4) is 0 Å². The van der Waals surface area contributed by atoms with E-state index in [4.69, 9.17) is 17.0 Å². The Kier molecular flexibility index (Phi) is 5.10. The van der Waals surface area contributed by atoms with Gasteiger partial charge in [-0.05, 0) is 28.8 Å². The zero-order valence-electron chi connectivity index (χ0n) is 12.8. The van der Waals surface area contributed by atoms with Gasteiger partial charge in [0.25, 0.3) is 5.91 Å². The predicted molar refractivity (Wildman–Crippen MR) is 100 cm³/mol. The van der Waals surface area contributed by atoms with E-state index >= 15 is 0 Å². The van der Waals surface area contributed by atoms with Gasteiger partial charge in [-0.3, -0.25) is 9.69 Å². The summed E-state index contributed by atoms with van der Waals surface area (Å²) in [5.41, 5.74) is 1.04. The van der Waals surface area contributed by atoms with Crippen LogP contribution in [0.15, 0.2) is 47.4 Å². The summed E-state index contributed by atoms with van der Waals surface area (Å²) in [5.74, 6) is -0.0102. The lowest BCUT2D eigenvalue weighted by molar-refractivity contribution is -0.122. The summed E-state index contributed by atoms with van der Waals surface area (Å²) in [4.78, 5) is 14.9. The highest BCUT2D eigenvalue weighted by atomic mass is 32.2. The summed E-state index contributed by atoms with van der Waals surface area (Å²) >= 11 is 6.71. The van der Waals surface area contributed by atoms with Crippen LogP contribution < -0.4 is 0 Å². The predicted octanol–water partition coefficient (Wildman–Crippen LogP) is 4.08. The number of fused-ring (bicyclic) bond motifs is 1. The van der Waals surface area contributed by atoms with Crippen LogP contribution in [0.4, 0.5) is 0 Å². The minimum Gasteiger partial charge on any atom is -0.385 e. The molecule has 0 bridgehead atoms. The number of carbonyl (C=O) groups excluding carboxylic acids is 1. The maximum Gasteiger partial charge on any atom is 0.266 e. The Balaban J connectivity index is 1.88. The molecule has 0 aliphatic carbocycles. The Morgan fingerprint density at radius 2 is 2.00 bits per heavy atom. The highest BCUT2D eigenvalue weighted by molar-refractivity contribution is 8.26. The van der Waals surface area contributed by atoms with Gasteiger partial charge < -0.3 is 4.74 Å². The molecular formula is C18H17NO2S2. The third-order valence-electron chi connectivity index (χ3n) is 3.71. The van der Waals surface area contributed by atoms with E-state index in [0.29, 0.717) is 22.4 Å². The van der Waals surface area contributed by atoms with Gasteiger partial charge in [0.2, 0.25) is 0 Å². The molecule has 2 aromatic rings. The molecule has 1 aliphatic heterocycles. The van der Waals surface area contributed by atoms with Crippen LogP contribution in [0.25, 0.3) is 16.8 Å². The number of carbonyl (C=O) groups is 1. The van der Waals surface area contributed by atoms with Crippen molar-refractivity contribution >= 4 is 51.1 Å². The molecular weight excluding hydrogens is 326 g/mol. The molecule has 0 spiro atoms. The molecule has 0 atom stereocenters. The molecule has 3 rings (SSSR count). The standard InChI is InChI=1S/C18H17NO2S2/c1-21-11-5-10-19-17(20)16(23-18(19)22)12-14-8-4-7-13-6-2-3-9-15(13)14/h2-4,6-9,12H,5,10-11H2,1H3/b16-12-. The number of ether oxygens (including phenoxy) is 1. The lowest BCUT2D eigenvalue weighted by atomic mass is 10.0. The molecule has 3 nitrogen and oxygen atoms in total. The van der Waals surface area contributed by atoms with E-state index in [1.54, 1.807) is 12.0 Å². The average molecular weight is 343 g/mol. The van der Waals surface area contributed by atoms with Gasteiger partial charge in [0, 0.05) is 20.3 Å². The lowest BCUT2D eigenvalue weighted by Crippen LogP contribution is -2.29. The highest BCUT2D eigenvalue weighted by Gasteiger charge is 2.31. The molecule has 0 aromatic heterocycles. The second-order valence-corrected chi connectivity index (χ2v) is 6.92. The number of thiocarbonyl (C=S) groups is 1. The first-order chi connectivity index (χ1) is 11.2. The van der Waals surface area contributed by atoms with E-state index in [1.807, 2.05) is 30.3 Å². The largest absolute Gasteiger partial charge is 0.385 e. The molecule has 2 aromatic carbocycles. The van der Waals surface area contributed by atoms with Gasteiger partial charge in [-0.15, -0.1) is 0 Å². The van der Waals surface area contributed by atoms with Crippen molar-refractivity contribution in [1.82, 2.24) is 4.90 Å². The second kappa shape index (κ2) is 7.25. The lowest BCUT2D eigenvalue weighted by Gasteiger charge is -2.13.